The molecular formula is C14H15NOS2. The SMILES string of the molecule is O=C1CN(C(Cc2cccs2)Cc2cccs2)C1. The van der Waals surface area contributed by atoms with E-state index in [1.807, 2.05) is 22.7 Å². The molecule has 1 aliphatic heterocycles. The van der Waals surface area contributed by atoms with Gasteiger partial charge in [0.2, 0.25) is 0 Å². The third-order valence-electron chi connectivity index (χ3n) is 3.31. The van der Waals surface area contributed by atoms with E-state index in [2.05, 4.69) is 39.9 Å². The van der Waals surface area contributed by atoms with Gasteiger partial charge in [-0.15, -0.1) is 22.7 Å². The molecule has 2 aromatic rings. The Bertz CT molecular complexity index is 460. The fraction of sp³-hybridized carbons (Fsp3) is 0.357. The van der Waals surface area contributed by atoms with Crippen molar-refractivity contribution >= 4 is 28.5 Å². The van der Waals surface area contributed by atoms with Crippen LogP contribution in [0.5, 0.6) is 0 Å². The van der Waals surface area contributed by atoms with Crippen LogP contribution in [0.15, 0.2) is 35.0 Å². The summed E-state index contributed by atoms with van der Waals surface area (Å²) in [6.45, 7) is 1.28. The lowest BCUT2D eigenvalue weighted by Gasteiger charge is -2.36. The van der Waals surface area contributed by atoms with E-state index in [4.69, 9.17) is 0 Å². The Hall–Kier alpha value is -0.970. The Morgan fingerprint density at radius 2 is 1.61 bits per heavy atom. The summed E-state index contributed by atoms with van der Waals surface area (Å²) in [6, 6.07) is 9.05. The van der Waals surface area contributed by atoms with Gasteiger partial charge in [-0.3, -0.25) is 9.69 Å². The van der Waals surface area contributed by atoms with Crippen LogP contribution in [0.25, 0.3) is 0 Å². The minimum Gasteiger partial charge on any atom is -0.297 e. The Morgan fingerprint density at radius 3 is 2.00 bits per heavy atom. The molecule has 0 aromatic carbocycles. The summed E-state index contributed by atoms with van der Waals surface area (Å²) >= 11 is 3.62. The molecule has 0 N–H and O–H groups in total. The van der Waals surface area contributed by atoms with Gasteiger partial charge in [-0.05, 0) is 35.7 Å². The molecule has 0 amide bonds. The summed E-state index contributed by atoms with van der Waals surface area (Å²) in [5.74, 6) is 0.373. The molecule has 4 heteroatoms. The van der Waals surface area contributed by atoms with Crippen LogP contribution in [0.3, 0.4) is 0 Å². The highest BCUT2D eigenvalue weighted by Gasteiger charge is 2.30. The highest BCUT2D eigenvalue weighted by Crippen LogP contribution is 2.22. The molecule has 2 aromatic heterocycles. The first-order valence-corrected chi connectivity index (χ1v) is 7.88. The molecule has 0 radical (unpaired) electrons. The number of likely N-dealkylation sites (tertiary alicyclic amines) is 1. The second-order valence-corrected chi connectivity index (χ2v) is 6.73. The molecule has 0 bridgehead atoms. The van der Waals surface area contributed by atoms with Crippen molar-refractivity contribution in [3.8, 4) is 0 Å². The molecule has 1 aliphatic rings. The summed E-state index contributed by atoms with van der Waals surface area (Å²) < 4.78 is 0. The molecule has 0 atom stereocenters. The first-order chi connectivity index (χ1) is 8.81. The van der Waals surface area contributed by atoms with Crippen LogP contribution in [-0.4, -0.2) is 29.8 Å². The van der Waals surface area contributed by atoms with Crippen molar-refractivity contribution in [1.82, 2.24) is 4.90 Å². The third kappa shape index (κ3) is 2.71. The molecule has 0 unspecified atom stereocenters. The Morgan fingerprint density at radius 1 is 1.06 bits per heavy atom. The second kappa shape index (κ2) is 5.34. The zero-order chi connectivity index (χ0) is 12.4. The maximum atomic E-state index is 11.2. The molecule has 1 fully saturated rings. The van der Waals surface area contributed by atoms with E-state index < -0.39 is 0 Å². The van der Waals surface area contributed by atoms with Gasteiger partial charge >= 0.3 is 0 Å². The van der Waals surface area contributed by atoms with E-state index in [1.54, 1.807) is 0 Å². The lowest BCUT2D eigenvalue weighted by molar-refractivity contribution is -0.130. The molecule has 3 rings (SSSR count). The highest BCUT2D eigenvalue weighted by molar-refractivity contribution is 7.10. The predicted octanol–water partition coefficient (Wildman–Crippen LogP) is 2.85. The monoisotopic (exact) mass is 277 g/mol. The smallest absolute Gasteiger partial charge is 0.160 e. The van der Waals surface area contributed by atoms with Crippen LogP contribution in [-0.2, 0) is 17.6 Å². The minimum absolute atomic E-state index is 0.373. The van der Waals surface area contributed by atoms with Crippen LogP contribution in [0.2, 0.25) is 0 Å². The molecule has 2 nitrogen and oxygen atoms in total. The maximum Gasteiger partial charge on any atom is 0.160 e. The highest BCUT2D eigenvalue weighted by atomic mass is 32.1. The van der Waals surface area contributed by atoms with Crippen LogP contribution in [0, 0.1) is 0 Å². The lowest BCUT2D eigenvalue weighted by Crippen LogP contribution is -2.54. The number of hydrogen-bond acceptors (Lipinski definition) is 4. The van der Waals surface area contributed by atoms with Gasteiger partial charge in [0.25, 0.3) is 0 Å². The zero-order valence-corrected chi connectivity index (χ0v) is 11.7. The standard InChI is InChI=1S/C14H15NOS2/c16-12-9-15(10-12)11(7-13-3-1-5-17-13)8-14-4-2-6-18-14/h1-6,11H,7-10H2. The largest absolute Gasteiger partial charge is 0.297 e. The summed E-state index contributed by atoms with van der Waals surface area (Å²) in [5, 5.41) is 4.25. The molecular weight excluding hydrogens is 262 g/mol. The number of carbonyl (C=O) groups excluding carboxylic acids is 1. The summed E-state index contributed by atoms with van der Waals surface area (Å²) in [4.78, 5) is 16.3. The van der Waals surface area contributed by atoms with E-state index in [9.17, 15) is 4.79 Å². The van der Waals surface area contributed by atoms with Gasteiger partial charge in [0.1, 0.15) is 0 Å². The summed E-state index contributed by atoms with van der Waals surface area (Å²) in [5.41, 5.74) is 0. The average Bonchev–Trinajstić information content (AvgIpc) is 2.97. The van der Waals surface area contributed by atoms with Crippen molar-refractivity contribution in [2.24, 2.45) is 0 Å². The number of rotatable bonds is 5. The van der Waals surface area contributed by atoms with Crippen LogP contribution in [0.1, 0.15) is 9.75 Å². The normalized spacial score (nSPS) is 16.2. The van der Waals surface area contributed by atoms with E-state index in [0.29, 0.717) is 24.9 Å². The molecule has 0 aliphatic carbocycles. The summed E-state index contributed by atoms with van der Waals surface area (Å²) in [6.07, 6.45) is 2.12. The lowest BCUT2D eigenvalue weighted by atomic mass is 10.0. The van der Waals surface area contributed by atoms with Gasteiger partial charge in [0.15, 0.2) is 5.78 Å². The van der Waals surface area contributed by atoms with Gasteiger partial charge in [-0.25, -0.2) is 0 Å². The molecule has 18 heavy (non-hydrogen) atoms. The van der Waals surface area contributed by atoms with Crippen LogP contribution in [0.4, 0.5) is 0 Å². The number of carbonyl (C=O) groups is 1. The number of ketones is 1. The first kappa shape index (κ1) is 12.1. The number of hydrogen-bond donors (Lipinski definition) is 0. The van der Waals surface area contributed by atoms with Gasteiger partial charge in [-0.2, -0.15) is 0 Å². The predicted molar refractivity (Wildman–Crippen MR) is 76.4 cm³/mol. The molecule has 3 heterocycles. The second-order valence-electron chi connectivity index (χ2n) is 4.66. The van der Waals surface area contributed by atoms with Crippen molar-refractivity contribution in [2.75, 3.05) is 13.1 Å². The van der Waals surface area contributed by atoms with Crippen LogP contribution >= 0.6 is 22.7 Å². The molecule has 0 saturated carbocycles. The molecule has 1 saturated heterocycles. The summed E-state index contributed by atoms with van der Waals surface area (Å²) in [7, 11) is 0. The van der Waals surface area contributed by atoms with E-state index in [-0.39, 0.29) is 0 Å². The topological polar surface area (TPSA) is 20.3 Å². The van der Waals surface area contributed by atoms with E-state index in [1.165, 1.54) is 9.75 Å². The van der Waals surface area contributed by atoms with E-state index in [0.717, 1.165) is 12.8 Å². The molecule has 94 valence electrons. The van der Waals surface area contributed by atoms with Crippen molar-refractivity contribution in [2.45, 2.75) is 18.9 Å². The third-order valence-corrected chi connectivity index (χ3v) is 5.11. The first-order valence-electron chi connectivity index (χ1n) is 6.12. The van der Waals surface area contributed by atoms with Gasteiger partial charge in [-0.1, -0.05) is 12.1 Å². The quantitative estimate of drug-likeness (QED) is 0.837. The van der Waals surface area contributed by atoms with Gasteiger partial charge < -0.3 is 0 Å². The Balaban J connectivity index is 1.69. The zero-order valence-electron chi connectivity index (χ0n) is 10.0. The van der Waals surface area contributed by atoms with Crippen molar-refractivity contribution in [1.29, 1.82) is 0 Å². The Kier molecular flexibility index (Phi) is 3.59. The molecule has 0 spiro atoms. The number of nitrogens with zero attached hydrogens (tertiary/aromatic N) is 1. The number of Topliss-reactive ketones (excluding diaryl/α,β-unsaturated/α-hetero) is 1. The fourth-order valence-corrected chi connectivity index (χ4v) is 3.87. The number of thiophene rings is 2. The Labute approximate surface area is 115 Å². The van der Waals surface area contributed by atoms with E-state index >= 15 is 0 Å². The van der Waals surface area contributed by atoms with Gasteiger partial charge in [0, 0.05) is 15.8 Å². The van der Waals surface area contributed by atoms with Crippen LogP contribution < -0.4 is 0 Å². The van der Waals surface area contributed by atoms with Crippen molar-refractivity contribution in [3.63, 3.8) is 0 Å². The fourth-order valence-electron chi connectivity index (χ4n) is 2.32. The maximum absolute atomic E-state index is 11.2. The van der Waals surface area contributed by atoms with Crippen molar-refractivity contribution in [3.05, 3.63) is 44.8 Å². The van der Waals surface area contributed by atoms with Crippen molar-refractivity contribution < 1.29 is 4.79 Å². The average molecular weight is 277 g/mol. The minimum atomic E-state index is 0.373. The van der Waals surface area contributed by atoms with Gasteiger partial charge in [0.05, 0.1) is 13.1 Å².